The highest BCUT2D eigenvalue weighted by Crippen LogP contribution is 2.57. The Morgan fingerprint density at radius 2 is 1.76 bits per heavy atom. The number of rotatable bonds is 9. The molecule has 0 spiro atoms. The Bertz CT molecular complexity index is 2200. The van der Waals surface area contributed by atoms with E-state index in [4.69, 9.17) is 14.5 Å². The van der Waals surface area contributed by atoms with Crippen molar-refractivity contribution in [2.75, 3.05) is 13.2 Å². The Kier molecular flexibility index (Phi) is 11.5. The van der Waals surface area contributed by atoms with Crippen LogP contribution >= 0.6 is 0 Å². The highest BCUT2D eigenvalue weighted by Gasteiger charge is 2.61. The quantitative estimate of drug-likeness (QED) is 0.175. The SMILES string of the molecule is C=C[C@@H]1C[C@]1(CC(=O)[C@@H]1C[C@@H]2CN1C(=O)[C@H](C1CCCCC1)CC(=O)OCCCCCc1cc3c(cc(-c4ccccc4)nc3cc1C)O2)C(=O)NS(=O)(=O)C1CC1. The number of aromatic nitrogens is 1. The molecule has 12 heteroatoms. The number of aryl methyl sites for hydroxylation is 2. The van der Waals surface area contributed by atoms with E-state index in [-0.39, 0.29) is 55.9 Å². The van der Waals surface area contributed by atoms with E-state index < -0.39 is 50.6 Å². The molecule has 58 heavy (non-hydrogen) atoms. The number of amides is 2. The molecule has 4 bridgehead atoms. The molecule has 4 fully saturated rings. The number of ether oxygens (including phenoxy) is 2. The maximum Gasteiger partial charge on any atom is 0.306 e. The van der Waals surface area contributed by atoms with Crippen molar-refractivity contribution in [2.24, 2.45) is 23.2 Å². The summed E-state index contributed by atoms with van der Waals surface area (Å²) >= 11 is 0. The molecule has 0 unspecified atom stereocenters. The van der Waals surface area contributed by atoms with Crippen LogP contribution in [0.4, 0.5) is 0 Å². The van der Waals surface area contributed by atoms with Gasteiger partial charge in [-0.15, -0.1) is 6.58 Å². The number of cyclic esters (lactones) is 1. The van der Waals surface area contributed by atoms with Crippen LogP contribution < -0.4 is 9.46 Å². The Morgan fingerprint density at radius 1 is 1.00 bits per heavy atom. The summed E-state index contributed by atoms with van der Waals surface area (Å²) in [5, 5.41) is 0.252. The summed E-state index contributed by atoms with van der Waals surface area (Å²) in [6.45, 7) is 6.35. The van der Waals surface area contributed by atoms with Crippen molar-refractivity contribution in [2.45, 2.75) is 121 Å². The Hall–Kier alpha value is -4.58. The summed E-state index contributed by atoms with van der Waals surface area (Å²) in [6.07, 6.45) is 10.1. The summed E-state index contributed by atoms with van der Waals surface area (Å²) in [7, 11) is -3.85. The predicted molar refractivity (Wildman–Crippen MR) is 220 cm³/mol. The molecule has 2 amide bonds. The Labute approximate surface area is 341 Å². The van der Waals surface area contributed by atoms with Crippen molar-refractivity contribution in [3.05, 3.63) is 72.3 Å². The van der Waals surface area contributed by atoms with Crippen LogP contribution in [0.1, 0.15) is 101 Å². The van der Waals surface area contributed by atoms with Crippen LogP contribution in [0.15, 0.2) is 61.2 Å². The number of nitrogens with zero attached hydrogens (tertiary/aromatic N) is 2. The number of carbonyl (C=O) groups excluding carboxylic acids is 4. The molecule has 5 aliphatic rings. The minimum atomic E-state index is -3.85. The normalized spacial score (nSPS) is 27.3. The van der Waals surface area contributed by atoms with Gasteiger partial charge in [0.2, 0.25) is 21.8 Å². The lowest BCUT2D eigenvalue weighted by atomic mass is 9.77. The van der Waals surface area contributed by atoms with E-state index in [1.54, 1.807) is 11.0 Å². The van der Waals surface area contributed by atoms with E-state index in [0.717, 1.165) is 79.1 Å². The zero-order valence-corrected chi connectivity index (χ0v) is 34.3. The number of hydrogen-bond acceptors (Lipinski definition) is 9. The molecule has 3 aliphatic carbocycles. The van der Waals surface area contributed by atoms with Crippen molar-refractivity contribution >= 4 is 44.5 Å². The molecule has 1 saturated heterocycles. The molecule has 2 aliphatic heterocycles. The minimum absolute atomic E-state index is 0.0346. The van der Waals surface area contributed by atoms with Gasteiger partial charge in [-0.3, -0.25) is 23.9 Å². The number of hydrogen-bond donors (Lipinski definition) is 1. The summed E-state index contributed by atoms with van der Waals surface area (Å²) in [6, 6.07) is 15.1. The number of Topliss-reactive ketones (excluding diaryl/α,β-unsaturated/α-hetero) is 1. The molecule has 2 aromatic carbocycles. The molecule has 1 N–H and O–H groups in total. The van der Waals surface area contributed by atoms with Crippen LogP contribution in [0.3, 0.4) is 0 Å². The average Bonchev–Trinajstić information content (AvgIpc) is 4.15. The standard InChI is InChI=1S/C46H55N3O8S/c1-3-33-26-46(33,45(53)48-58(54,55)35-18-19-35)27-41(50)40-23-34-28-49(40)44(52)36(30-13-7-4-8-14-30)24-43(51)56-20-12-6-11-17-32-22-37-39(21-29(32)2)47-38(25-42(37)57-34)31-15-9-5-10-16-31/h3,5,9-10,15-16,21-22,25,30,33-36,40H,1,4,6-8,11-14,17-20,23-24,26-28H2,2H3,(H,48,53)/t33-,34-,36+,40+,46-/m1/s1. The monoisotopic (exact) mass is 809 g/mol. The molecule has 11 nitrogen and oxygen atoms in total. The van der Waals surface area contributed by atoms with E-state index >= 15 is 0 Å². The molecule has 308 valence electrons. The van der Waals surface area contributed by atoms with Crippen LogP contribution in [0.2, 0.25) is 0 Å². The van der Waals surface area contributed by atoms with Crippen molar-refractivity contribution in [3.8, 4) is 17.0 Å². The average molecular weight is 810 g/mol. The first-order valence-electron chi connectivity index (χ1n) is 21.3. The number of allylic oxidation sites excluding steroid dienone is 1. The van der Waals surface area contributed by atoms with E-state index in [1.807, 2.05) is 36.4 Å². The van der Waals surface area contributed by atoms with Gasteiger partial charge in [-0.2, -0.15) is 0 Å². The number of benzene rings is 2. The molecule has 8 rings (SSSR count). The number of ketones is 1. The van der Waals surface area contributed by atoms with Crippen molar-refractivity contribution in [1.29, 1.82) is 0 Å². The molecule has 0 radical (unpaired) electrons. The van der Waals surface area contributed by atoms with E-state index in [9.17, 15) is 27.6 Å². The number of carbonyl (C=O) groups is 4. The molecule has 1 aromatic heterocycles. The minimum Gasteiger partial charge on any atom is -0.488 e. The largest absolute Gasteiger partial charge is 0.488 e. The third kappa shape index (κ3) is 8.44. The first-order valence-corrected chi connectivity index (χ1v) is 22.8. The number of pyridine rings is 1. The van der Waals surface area contributed by atoms with Crippen molar-refractivity contribution < 1.29 is 37.1 Å². The smallest absolute Gasteiger partial charge is 0.306 e. The van der Waals surface area contributed by atoms with Gasteiger partial charge < -0.3 is 14.4 Å². The van der Waals surface area contributed by atoms with Gasteiger partial charge in [-0.1, -0.05) is 55.7 Å². The lowest BCUT2D eigenvalue weighted by Crippen LogP contribution is -2.48. The second-order valence-electron chi connectivity index (χ2n) is 17.4. The fourth-order valence-corrected chi connectivity index (χ4v) is 11.0. The first kappa shape index (κ1) is 40.2. The zero-order chi connectivity index (χ0) is 40.6. The maximum absolute atomic E-state index is 15.0. The lowest BCUT2D eigenvalue weighted by molar-refractivity contribution is -0.152. The third-order valence-corrected chi connectivity index (χ3v) is 15.2. The zero-order valence-electron chi connectivity index (χ0n) is 33.5. The van der Waals surface area contributed by atoms with Gasteiger partial charge in [-0.25, -0.2) is 13.4 Å². The van der Waals surface area contributed by atoms with Crippen LogP contribution in [0.5, 0.6) is 5.75 Å². The van der Waals surface area contributed by atoms with Gasteiger partial charge in [0, 0.05) is 29.9 Å². The Balaban J connectivity index is 1.17. The summed E-state index contributed by atoms with van der Waals surface area (Å²) in [4.78, 5) is 63.5. The molecule has 5 atom stereocenters. The number of fused-ring (bicyclic) bond motifs is 3. The highest BCUT2D eigenvalue weighted by atomic mass is 32.2. The van der Waals surface area contributed by atoms with Gasteiger partial charge in [0.1, 0.15) is 11.9 Å². The molecule has 3 heterocycles. The van der Waals surface area contributed by atoms with Crippen molar-refractivity contribution in [1.82, 2.24) is 14.6 Å². The lowest BCUT2D eigenvalue weighted by Gasteiger charge is -2.34. The fraction of sp³-hybridized carbons (Fsp3) is 0.543. The third-order valence-electron chi connectivity index (χ3n) is 13.3. The van der Waals surface area contributed by atoms with Crippen molar-refractivity contribution in [3.63, 3.8) is 0 Å². The first-order chi connectivity index (χ1) is 28.0. The van der Waals surface area contributed by atoms with E-state index in [0.29, 0.717) is 31.4 Å². The van der Waals surface area contributed by atoms with Crippen LogP contribution in [-0.4, -0.2) is 72.4 Å². The van der Waals surface area contributed by atoms with Gasteiger partial charge in [0.25, 0.3) is 0 Å². The van der Waals surface area contributed by atoms with Gasteiger partial charge >= 0.3 is 5.97 Å². The molecule has 3 saturated carbocycles. The predicted octanol–water partition coefficient (Wildman–Crippen LogP) is 7.17. The maximum atomic E-state index is 15.0. The number of sulfonamides is 1. The van der Waals surface area contributed by atoms with E-state index in [2.05, 4.69) is 30.4 Å². The second-order valence-corrected chi connectivity index (χ2v) is 19.4. The molecular weight excluding hydrogens is 755 g/mol. The van der Waals surface area contributed by atoms with Crippen LogP contribution in [0.25, 0.3) is 22.2 Å². The van der Waals surface area contributed by atoms with E-state index in [1.165, 1.54) is 5.56 Å². The van der Waals surface area contributed by atoms with Crippen LogP contribution in [0, 0.1) is 30.1 Å². The summed E-state index contributed by atoms with van der Waals surface area (Å²) in [5.74, 6) is -2.18. The molecule has 3 aromatic rings. The van der Waals surface area contributed by atoms with Gasteiger partial charge in [0.15, 0.2) is 5.78 Å². The second kappa shape index (κ2) is 16.6. The van der Waals surface area contributed by atoms with Gasteiger partial charge in [-0.05, 0) is 99.8 Å². The summed E-state index contributed by atoms with van der Waals surface area (Å²) in [5.41, 5.74) is 3.48. The number of esters is 1. The van der Waals surface area contributed by atoms with Crippen LogP contribution in [-0.2, 0) is 40.4 Å². The van der Waals surface area contributed by atoms with Gasteiger partial charge in [0.05, 0.1) is 53.4 Å². The molecular formula is C46H55N3O8S. The summed E-state index contributed by atoms with van der Waals surface area (Å²) < 4.78 is 40.7. The number of nitrogens with one attached hydrogen (secondary N) is 1. The Morgan fingerprint density at radius 3 is 2.48 bits per heavy atom. The topological polar surface area (TPSA) is 149 Å². The highest BCUT2D eigenvalue weighted by molar-refractivity contribution is 7.90. The fourth-order valence-electron chi connectivity index (χ4n) is 9.66.